The summed E-state index contributed by atoms with van der Waals surface area (Å²) < 4.78 is 45.9. The third-order valence-corrected chi connectivity index (χ3v) is 6.61. The van der Waals surface area contributed by atoms with Gasteiger partial charge in [0.1, 0.15) is 11.8 Å². The average Bonchev–Trinajstić information content (AvgIpc) is 3.13. The van der Waals surface area contributed by atoms with Crippen molar-refractivity contribution in [2.75, 3.05) is 11.5 Å². The first kappa shape index (κ1) is 24.5. The lowest BCUT2D eigenvalue weighted by Crippen LogP contribution is -2.67. The molecule has 3 aromatic carbocycles. The Hall–Kier alpha value is -4.14. The van der Waals surface area contributed by atoms with Crippen LogP contribution in [0.25, 0.3) is 0 Å². The zero-order valence-corrected chi connectivity index (χ0v) is 19.9. The minimum Gasteiger partial charge on any atom is -0.494 e. The van der Waals surface area contributed by atoms with Gasteiger partial charge in [-0.05, 0) is 54.4 Å². The number of nitrogens with zero attached hydrogens (tertiary/aromatic N) is 2. The highest BCUT2D eigenvalue weighted by Crippen LogP contribution is 2.45. The predicted octanol–water partition coefficient (Wildman–Crippen LogP) is 5.64. The molecule has 6 nitrogen and oxygen atoms in total. The van der Waals surface area contributed by atoms with Crippen molar-refractivity contribution in [2.24, 2.45) is 0 Å². The summed E-state index contributed by atoms with van der Waals surface area (Å²) in [6.07, 6.45) is -2.75. The number of rotatable bonds is 7. The number of imide groups is 1. The summed E-state index contributed by atoms with van der Waals surface area (Å²) in [4.78, 5) is 41.9. The Morgan fingerprint density at radius 2 is 1.46 bits per heavy atom. The van der Waals surface area contributed by atoms with Crippen LogP contribution in [0.5, 0.6) is 5.75 Å². The highest BCUT2D eigenvalue weighted by Gasteiger charge is 2.57. The first-order valence-corrected chi connectivity index (χ1v) is 11.9. The van der Waals surface area contributed by atoms with Crippen molar-refractivity contribution in [1.29, 1.82) is 0 Å². The van der Waals surface area contributed by atoms with Crippen molar-refractivity contribution in [3.63, 3.8) is 0 Å². The molecule has 2 heterocycles. The Kier molecular flexibility index (Phi) is 6.23. The summed E-state index contributed by atoms with van der Waals surface area (Å²) in [5.74, 6) is -1.24. The van der Waals surface area contributed by atoms with E-state index in [1.165, 1.54) is 29.2 Å². The molecule has 0 bridgehead atoms. The van der Waals surface area contributed by atoms with Gasteiger partial charge in [0.05, 0.1) is 29.3 Å². The first-order chi connectivity index (χ1) is 17.7. The van der Waals surface area contributed by atoms with Crippen molar-refractivity contribution in [3.05, 3.63) is 95.1 Å². The van der Waals surface area contributed by atoms with Crippen LogP contribution in [0.3, 0.4) is 0 Å². The van der Waals surface area contributed by atoms with Gasteiger partial charge in [-0.2, -0.15) is 13.2 Å². The van der Waals surface area contributed by atoms with Crippen LogP contribution in [0.1, 0.15) is 57.7 Å². The molecule has 1 fully saturated rings. The van der Waals surface area contributed by atoms with E-state index in [0.717, 1.165) is 29.9 Å². The number of amides is 3. The van der Waals surface area contributed by atoms with Gasteiger partial charge < -0.3 is 9.64 Å². The Balaban J connectivity index is 1.53. The molecule has 3 aromatic rings. The molecule has 2 aliphatic heterocycles. The maximum Gasteiger partial charge on any atom is 0.416 e. The maximum absolute atomic E-state index is 13.5. The Morgan fingerprint density at radius 3 is 2.05 bits per heavy atom. The SMILES string of the molecule is CCCCOc1ccc([C@H]2[C@H](N3C(=O)c4ccccc4C3=O)C(=O)N2c2cccc(C(F)(F)F)c2)cc1. The van der Waals surface area contributed by atoms with Crippen LogP contribution in [-0.4, -0.2) is 35.3 Å². The summed E-state index contributed by atoms with van der Waals surface area (Å²) in [6.45, 7) is 2.58. The van der Waals surface area contributed by atoms with E-state index in [4.69, 9.17) is 4.74 Å². The van der Waals surface area contributed by atoms with Crippen LogP contribution in [0, 0.1) is 0 Å². The molecule has 1 saturated heterocycles. The Morgan fingerprint density at radius 1 is 0.811 bits per heavy atom. The van der Waals surface area contributed by atoms with Gasteiger partial charge in [-0.25, -0.2) is 0 Å². The second-order valence-corrected chi connectivity index (χ2v) is 8.94. The van der Waals surface area contributed by atoms with E-state index >= 15 is 0 Å². The van der Waals surface area contributed by atoms with E-state index in [-0.39, 0.29) is 16.8 Å². The highest BCUT2D eigenvalue weighted by molar-refractivity contribution is 6.24. The zero-order chi connectivity index (χ0) is 26.3. The summed E-state index contributed by atoms with van der Waals surface area (Å²) >= 11 is 0. The van der Waals surface area contributed by atoms with Crippen molar-refractivity contribution < 1.29 is 32.3 Å². The fraction of sp³-hybridized carbons (Fsp3) is 0.250. The van der Waals surface area contributed by atoms with Gasteiger partial charge >= 0.3 is 6.18 Å². The fourth-order valence-electron chi connectivity index (χ4n) is 4.73. The van der Waals surface area contributed by atoms with Gasteiger partial charge in [0, 0.05) is 5.69 Å². The molecular formula is C28H23F3N2O4. The van der Waals surface area contributed by atoms with Crippen LogP contribution in [0.15, 0.2) is 72.8 Å². The van der Waals surface area contributed by atoms with Crippen molar-refractivity contribution in [2.45, 2.75) is 38.0 Å². The Labute approximate surface area is 211 Å². The smallest absolute Gasteiger partial charge is 0.416 e. The number of carbonyl (C=O) groups excluding carboxylic acids is 3. The molecule has 0 saturated carbocycles. The first-order valence-electron chi connectivity index (χ1n) is 11.9. The van der Waals surface area contributed by atoms with E-state index in [9.17, 15) is 27.6 Å². The summed E-state index contributed by atoms with van der Waals surface area (Å²) in [6, 6.07) is 15.5. The molecule has 0 radical (unpaired) electrons. The number of fused-ring (bicyclic) bond motifs is 1. The molecule has 0 N–H and O–H groups in total. The normalized spacial score (nSPS) is 19.2. The minimum atomic E-state index is -4.60. The van der Waals surface area contributed by atoms with Gasteiger partial charge in [0.15, 0.2) is 0 Å². The van der Waals surface area contributed by atoms with Crippen LogP contribution in [-0.2, 0) is 11.0 Å². The number of ether oxygens (including phenoxy) is 1. The lowest BCUT2D eigenvalue weighted by molar-refractivity contribution is -0.137. The zero-order valence-electron chi connectivity index (χ0n) is 19.9. The number of hydrogen-bond donors (Lipinski definition) is 0. The fourth-order valence-corrected chi connectivity index (χ4v) is 4.73. The lowest BCUT2D eigenvalue weighted by atomic mass is 9.86. The number of benzene rings is 3. The van der Waals surface area contributed by atoms with Gasteiger partial charge in [-0.15, -0.1) is 0 Å². The molecule has 2 atom stereocenters. The molecule has 5 rings (SSSR count). The third-order valence-electron chi connectivity index (χ3n) is 6.61. The summed E-state index contributed by atoms with van der Waals surface area (Å²) in [5.41, 5.74) is 0.0650. The van der Waals surface area contributed by atoms with Crippen LogP contribution < -0.4 is 9.64 Å². The maximum atomic E-state index is 13.5. The average molecular weight is 508 g/mol. The molecule has 0 aromatic heterocycles. The standard InChI is InChI=1S/C28H23F3N2O4/c1-2-3-15-37-20-13-11-17(12-14-20)23-24(33-25(34)21-9-4-5-10-22(21)26(33)35)27(36)32(23)19-8-6-7-18(16-19)28(29,30)31/h4-14,16,23-24H,2-3,15H2,1H3/t23-,24-/m0/s1. The van der Waals surface area contributed by atoms with Crippen LogP contribution in [0.2, 0.25) is 0 Å². The number of unbranched alkanes of at least 4 members (excludes halogenated alkanes) is 1. The molecule has 3 amide bonds. The molecule has 9 heteroatoms. The van der Waals surface area contributed by atoms with Gasteiger partial charge in [-0.1, -0.05) is 43.7 Å². The van der Waals surface area contributed by atoms with Gasteiger partial charge in [-0.3, -0.25) is 19.3 Å². The highest BCUT2D eigenvalue weighted by atomic mass is 19.4. The van der Waals surface area contributed by atoms with Gasteiger partial charge in [0.2, 0.25) is 0 Å². The van der Waals surface area contributed by atoms with E-state index in [2.05, 4.69) is 0 Å². The number of β-lactam (4-membered cyclic amide) rings is 1. The predicted molar refractivity (Wildman–Crippen MR) is 129 cm³/mol. The van der Waals surface area contributed by atoms with Crippen LogP contribution >= 0.6 is 0 Å². The Bertz CT molecular complexity index is 1340. The molecule has 0 spiro atoms. The van der Waals surface area contributed by atoms with E-state index in [1.807, 2.05) is 6.92 Å². The number of hydrogen-bond acceptors (Lipinski definition) is 4. The second kappa shape index (κ2) is 9.38. The number of alkyl halides is 3. The largest absolute Gasteiger partial charge is 0.494 e. The molecule has 190 valence electrons. The van der Waals surface area contributed by atoms with E-state index in [0.29, 0.717) is 17.9 Å². The summed E-state index contributed by atoms with van der Waals surface area (Å²) in [5, 5.41) is 0. The van der Waals surface area contributed by atoms with Gasteiger partial charge in [0.25, 0.3) is 17.7 Å². The molecule has 0 aliphatic carbocycles. The minimum absolute atomic E-state index is 0.0287. The van der Waals surface area contributed by atoms with Crippen LogP contribution in [0.4, 0.5) is 18.9 Å². The number of halogens is 3. The number of carbonyl (C=O) groups is 3. The quantitative estimate of drug-likeness (QED) is 0.236. The molecule has 0 unspecified atom stereocenters. The second-order valence-electron chi connectivity index (χ2n) is 8.94. The monoisotopic (exact) mass is 508 g/mol. The molecule has 2 aliphatic rings. The van der Waals surface area contributed by atoms with E-state index in [1.54, 1.807) is 36.4 Å². The molecule has 37 heavy (non-hydrogen) atoms. The van der Waals surface area contributed by atoms with E-state index < -0.39 is 41.5 Å². The summed E-state index contributed by atoms with van der Waals surface area (Å²) in [7, 11) is 0. The molecular weight excluding hydrogens is 485 g/mol. The van der Waals surface area contributed by atoms with Crippen molar-refractivity contribution in [3.8, 4) is 5.75 Å². The number of anilines is 1. The lowest BCUT2D eigenvalue weighted by Gasteiger charge is -2.49. The van der Waals surface area contributed by atoms with Crippen molar-refractivity contribution >= 4 is 23.4 Å². The third kappa shape index (κ3) is 4.24. The topological polar surface area (TPSA) is 66.9 Å². The van der Waals surface area contributed by atoms with Crippen molar-refractivity contribution in [1.82, 2.24) is 4.90 Å².